The van der Waals surface area contributed by atoms with Gasteiger partial charge in [-0.15, -0.1) is 0 Å². The number of likely N-dealkylation sites (N-methyl/N-ethyl adjacent to an activating group) is 1. The second-order valence-corrected chi connectivity index (χ2v) is 5.73. The summed E-state index contributed by atoms with van der Waals surface area (Å²) in [6, 6.07) is 7.78. The molecule has 2 rings (SSSR count). The number of likely N-dealkylation sites (tertiary alicyclic amines) is 1. The Morgan fingerprint density at radius 1 is 1.33 bits per heavy atom. The van der Waals surface area contributed by atoms with Crippen molar-refractivity contribution in [3.63, 3.8) is 0 Å². The first kappa shape index (κ1) is 13.5. The van der Waals surface area contributed by atoms with Crippen LogP contribution in [0.4, 0.5) is 0 Å². The normalized spacial score (nSPS) is 21.5. The molecule has 1 aromatic carbocycles. The van der Waals surface area contributed by atoms with Gasteiger partial charge in [-0.1, -0.05) is 12.1 Å². The van der Waals surface area contributed by atoms with E-state index in [1.807, 2.05) is 31.2 Å². The van der Waals surface area contributed by atoms with Crippen LogP contribution in [0.25, 0.3) is 0 Å². The molecule has 0 aliphatic carbocycles. The first-order chi connectivity index (χ1) is 8.49. The molecule has 1 fully saturated rings. The van der Waals surface area contributed by atoms with Crippen molar-refractivity contribution in [3.8, 4) is 0 Å². The Balaban J connectivity index is 2.04. The average Bonchev–Trinajstić information content (AvgIpc) is 2.58. The predicted molar refractivity (Wildman–Crippen MR) is 76.9 cm³/mol. The minimum Gasteiger partial charge on any atom is -0.299 e. The van der Waals surface area contributed by atoms with Gasteiger partial charge in [-0.3, -0.25) is 19.8 Å². The Morgan fingerprint density at radius 3 is 2.44 bits per heavy atom. The molecule has 2 amide bonds. The van der Waals surface area contributed by atoms with Gasteiger partial charge in [0.25, 0.3) is 0 Å². The van der Waals surface area contributed by atoms with E-state index in [2.05, 4.69) is 27.9 Å². The number of amides is 2. The highest BCUT2D eigenvalue weighted by molar-refractivity contribution is 14.1. The van der Waals surface area contributed by atoms with Gasteiger partial charge in [0.15, 0.2) is 0 Å². The molecule has 0 aromatic heterocycles. The fraction of sp³-hybridized carbons (Fsp3) is 0.385. The summed E-state index contributed by atoms with van der Waals surface area (Å²) < 4.78 is 1.18. The van der Waals surface area contributed by atoms with Crippen LogP contribution in [0, 0.1) is 3.57 Å². The van der Waals surface area contributed by atoms with E-state index in [-0.39, 0.29) is 24.3 Å². The Bertz CT molecular complexity index is 472. The summed E-state index contributed by atoms with van der Waals surface area (Å²) in [5, 5.41) is 3.21. The number of nitrogens with zero attached hydrogens (tertiary/aromatic N) is 1. The topological polar surface area (TPSA) is 49.4 Å². The summed E-state index contributed by atoms with van der Waals surface area (Å²) in [5.74, 6) is -0.260. The minimum atomic E-state index is -0.392. The third-order valence-electron chi connectivity index (χ3n) is 3.20. The molecule has 5 heteroatoms. The zero-order chi connectivity index (χ0) is 13.3. The summed E-state index contributed by atoms with van der Waals surface area (Å²) >= 11 is 2.25. The SMILES string of the molecule is CC(NC1CC(=O)N(C)C1=O)c1ccc(I)cc1. The average molecular weight is 358 g/mol. The lowest BCUT2D eigenvalue weighted by Gasteiger charge is -2.18. The number of hydrogen-bond donors (Lipinski definition) is 1. The second kappa shape index (κ2) is 5.36. The summed E-state index contributed by atoms with van der Waals surface area (Å²) in [7, 11) is 1.53. The van der Waals surface area contributed by atoms with E-state index in [1.54, 1.807) is 0 Å². The van der Waals surface area contributed by atoms with Crippen molar-refractivity contribution in [1.29, 1.82) is 0 Å². The zero-order valence-corrected chi connectivity index (χ0v) is 12.5. The van der Waals surface area contributed by atoms with Crippen molar-refractivity contribution in [2.75, 3.05) is 7.05 Å². The van der Waals surface area contributed by atoms with E-state index in [9.17, 15) is 9.59 Å². The van der Waals surface area contributed by atoms with Gasteiger partial charge in [0.05, 0.1) is 12.5 Å². The highest BCUT2D eigenvalue weighted by Crippen LogP contribution is 2.18. The predicted octanol–water partition coefficient (Wildman–Crippen LogP) is 1.70. The highest BCUT2D eigenvalue weighted by Gasteiger charge is 2.36. The monoisotopic (exact) mass is 358 g/mol. The maximum absolute atomic E-state index is 11.8. The van der Waals surface area contributed by atoms with Crippen molar-refractivity contribution >= 4 is 34.4 Å². The standard InChI is InChI=1S/C13H15IN2O2/c1-8(9-3-5-10(14)6-4-9)15-11-7-12(17)16(2)13(11)18/h3-6,8,11,15H,7H2,1-2H3. The number of imide groups is 1. The third kappa shape index (κ3) is 2.72. The number of rotatable bonds is 3. The van der Waals surface area contributed by atoms with Crippen molar-refractivity contribution in [2.24, 2.45) is 0 Å². The number of carbonyl (C=O) groups excluding carboxylic acids is 2. The number of benzene rings is 1. The van der Waals surface area contributed by atoms with Gasteiger partial charge in [0.2, 0.25) is 11.8 Å². The van der Waals surface area contributed by atoms with E-state index in [0.29, 0.717) is 0 Å². The maximum Gasteiger partial charge on any atom is 0.246 e. The third-order valence-corrected chi connectivity index (χ3v) is 3.92. The molecular weight excluding hydrogens is 343 g/mol. The fourth-order valence-electron chi connectivity index (χ4n) is 2.04. The van der Waals surface area contributed by atoms with Gasteiger partial charge >= 0.3 is 0 Å². The Hall–Kier alpha value is -0.950. The van der Waals surface area contributed by atoms with Gasteiger partial charge in [-0.05, 0) is 47.2 Å². The van der Waals surface area contributed by atoms with E-state index in [0.717, 1.165) is 5.56 Å². The minimum absolute atomic E-state index is 0.0512. The van der Waals surface area contributed by atoms with Crippen LogP contribution in [0.2, 0.25) is 0 Å². The van der Waals surface area contributed by atoms with E-state index >= 15 is 0 Å². The molecule has 18 heavy (non-hydrogen) atoms. The smallest absolute Gasteiger partial charge is 0.246 e. The molecule has 2 atom stereocenters. The molecule has 2 unspecified atom stereocenters. The van der Waals surface area contributed by atoms with Crippen molar-refractivity contribution < 1.29 is 9.59 Å². The fourth-order valence-corrected chi connectivity index (χ4v) is 2.39. The molecule has 1 aromatic rings. The van der Waals surface area contributed by atoms with Crippen LogP contribution in [-0.2, 0) is 9.59 Å². The van der Waals surface area contributed by atoms with Gasteiger partial charge in [-0.25, -0.2) is 0 Å². The van der Waals surface area contributed by atoms with Crippen molar-refractivity contribution in [1.82, 2.24) is 10.2 Å². The Labute approximate surface area is 120 Å². The molecule has 1 N–H and O–H groups in total. The molecule has 0 radical (unpaired) electrons. The van der Waals surface area contributed by atoms with Crippen molar-refractivity contribution in [2.45, 2.75) is 25.4 Å². The van der Waals surface area contributed by atoms with Gasteiger partial charge in [0.1, 0.15) is 0 Å². The zero-order valence-electron chi connectivity index (χ0n) is 10.3. The van der Waals surface area contributed by atoms with Gasteiger partial charge in [-0.2, -0.15) is 0 Å². The van der Waals surface area contributed by atoms with Gasteiger partial charge < -0.3 is 0 Å². The molecule has 1 aliphatic heterocycles. The Kier molecular flexibility index (Phi) is 4.01. The lowest BCUT2D eigenvalue weighted by atomic mass is 10.1. The number of carbonyl (C=O) groups is 2. The quantitative estimate of drug-likeness (QED) is 0.661. The van der Waals surface area contributed by atoms with E-state index in [1.165, 1.54) is 15.5 Å². The lowest BCUT2D eigenvalue weighted by Crippen LogP contribution is -2.38. The molecular formula is C13H15IN2O2. The highest BCUT2D eigenvalue weighted by atomic mass is 127. The number of hydrogen-bond acceptors (Lipinski definition) is 3. The van der Waals surface area contributed by atoms with E-state index < -0.39 is 6.04 Å². The molecule has 1 heterocycles. The summed E-state index contributed by atoms with van der Waals surface area (Å²) in [5.41, 5.74) is 1.12. The van der Waals surface area contributed by atoms with Crippen LogP contribution < -0.4 is 5.32 Å². The molecule has 96 valence electrons. The first-order valence-corrected chi connectivity index (χ1v) is 6.89. The second-order valence-electron chi connectivity index (χ2n) is 4.49. The number of halogens is 1. The van der Waals surface area contributed by atoms with Crippen LogP contribution in [0.15, 0.2) is 24.3 Å². The van der Waals surface area contributed by atoms with E-state index in [4.69, 9.17) is 0 Å². The Morgan fingerprint density at radius 2 is 1.94 bits per heavy atom. The lowest BCUT2D eigenvalue weighted by molar-refractivity contribution is -0.137. The van der Waals surface area contributed by atoms with Crippen molar-refractivity contribution in [3.05, 3.63) is 33.4 Å². The maximum atomic E-state index is 11.8. The molecule has 0 bridgehead atoms. The summed E-state index contributed by atoms with van der Waals surface area (Å²) in [6.07, 6.45) is 0.254. The van der Waals surface area contributed by atoms with Crippen LogP contribution >= 0.6 is 22.6 Å². The molecule has 4 nitrogen and oxygen atoms in total. The molecule has 0 spiro atoms. The van der Waals surface area contributed by atoms with Crippen LogP contribution in [0.5, 0.6) is 0 Å². The van der Waals surface area contributed by atoms with Gasteiger partial charge in [0, 0.05) is 16.7 Å². The van der Waals surface area contributed by atoms with Crippen LogP contribution in [-0.4, -0.2) is 29.8 Å². The number of nitrogens with one attached hydrogen (secondary N) is 1. The largest absolute Gasteiger partial charge is 0.299 e. The molecule has 0 saturated carbocycles. The molecule has 1 aliphatic rings. The summed E-state index contributed by atoms with van der Waals surface area (Å²) in [4.78, 5) is 24.4. The van der Waals surface area contributed by atoms with Crippen LogP contribution in [0.1, 0.15) is 24.9 Å². The molecule has 1 saturated heterocycles. The first-order valence-electron chi connectivity index (χ1n) is 5.81. The summed E-state index contributed by atoms with van der Waals surface area (Å²) in [6.45, 7) is 2.00. The van der Waals surface area contributed by atoms with Crippen LogP contribution in [0.3, 0.4) is 0 Å².